The molecule has 0 aliphatic heterocycles. The minimum atomic E-state index is -0.962. The van der Waals surface area contributed by atoms with Gasteiger partial charge < -0.3 is 16.2 Å². The summed E-state index contributed by atoms with van der Waals surface area (Å²) in [6.07, 6.45) is 0. The number of hydrogen-bond donors (Lipinski definition) is 3. The number of aliphatic hydroxyl groups excluding tert-OH is 1. The second kappa shape index (κ2) is 5.66. The van der Waals surface area contributed by atoms with E-state index in [-0.39, 0.29) is 6.61 Å². The molecule has 2 aromatic carbocycles. The largest absolute Gasteiger partial charge is 0.396 e. The number of nitrogens with one attached hydrogen (secondary N) is 1. The maximum absolute atomic E-state index is 13.7. The van der Waals surface area contributed by atoms with E-state index in [1.807, 2.05) is 0 Å². The van der Waals surface area contributed by atoms with Crippen molar-refractivity contribution in [1.82, 2.24) is 0 Å². The zero-order valence-corrected chi connectivity index (χ0v) is 10.4. The molecular weight excluding hydrogens is 266 g/mol. The molecule has 0 aliphatic rings. The first-order valence-electron chi connectivity index (χ1n) is 5.77. The van der Waals surface area contributed by atoms with Crippen LogP contribution in [0.25, 0.3) is 0 Å². The van der Waals surface area contributed by atoms with Gasteiger partial charge in [0, 0.05) is 5.69 Å². The van der Waals surface area contributed by atoms with Crippen LogP contribution in [-0.2, 0) is 6.61 Å². The molecule has 0 heterocycles. The summed E-state index contributed by atoms with van der Waals surface area (Å²) in [6, 6.07) is 7.89. The highest BCUT2D eigenvalue weighted by Crippen LogP contribution is 2.19. The lowest BCUT2D eigenvalue weighted by Gasteiger charge is -2.08. The fourth-order valence-electron chi connectivity index (χ4n) is 1.67. The van der Waals surface area contributed by atoms with Crippen LogP contribution in [0.5, 0.6) is 0 Å². The van der Waals surface area contributed by atoms with E-state index in [0.29, 0.717) is 11.3 Å². The van der Waals surface area contributed by atoms with Crippen LogP contribution >= 0.6 is 0 Å². The van der Waals surface area contributed by atoms with Gasteiger partial charge in [0.05, 0.1) is 17.9 Å². The molecule has 0 fully saturated rings. The van der Waals surface area contributed by atoms with Gasteiger partial charge in [-0.1, -0.05) is 12.1 Å². The van der Waals surface area contributed by atoms with Crippen molar-refractivity contribution in [2.45, 2.75) is 6.61 Å². The Hall–Kier alpha value is -2.47. The summed E-state index contributed by atoms with van der Waals surface area (Å²) in [6.45, 7) is -0.122. The third-order valence-electron chi connectivity index (χ3n) is 2.70. The van der Waals surface area contributed by atoms with Gasteiger partial charge in [-0.15, -0.1) is 0 Å². The summed E-state index contributed by atoms with van der Waals surface area (Å²) in [4.78, 5) is 11.9. The molecule has 0 bridgehead atoms. The second-order valence-corrected chi connectivity index (χ2v) is 4.17. The van der Waals surface area contributed by atoms with Crippen molar-refractivity contribution in [2.75, 3.05) is 11.1 Å². The first kappa shape index (κ1) is 14.0. The lowest BCUT2D eigenvalue weighted by Crippen LogP contribution is -2.15. The molecular formula is C14H12F2N2O2. The zero-order chi connectivity index (χ0) is 14.7. The summed E-state index contributed by atoms with van der Waals surface area (Å²) < 4.78 is 26.8. The minimum Gasteiger partial charge on any atom is -0.396 e. The molecule has 0 saturated carbocycles. The number of carbonyl (C=O) groups excluding carboxylic acids is 1. The molecule has 0 spiro atoms. The molecule has 0 aliphatic carbocycles. The van der Waals surface area contributed by atoms with Crippen LogP contribution in [0.1, 0.15) is 15.9 Å². The third-order valence-corrected chi connectivity index (χ3v) is 2.70. The summed E-state index contributed by atoms with van der Waals surface area (Å²) in [5.41, 5.74) is 5.45. The minimum absolute atomic E-state index is 0.122. The number of aliphatic hydroxyl groups is 1. The highest BCUT2D eigenvalue weighted by molar-refractivity contribution is 6.05. The molecule has 0 unspecified atom stereocenters. The number of amides is 1. The number of benzene rings is 2. The highest BCUT2D eigenvalue weighted by Gasteiger charge is 2.16. The SMILES string of the molecule is Nc1cc(F)cc(C(=O)Nc2ccc(CO)cc2)c1F. The lowest BCUT2D eigenvalue weighted by molar-refractivity contribution is 0.102. The lowest BCUT2D eigenvalue weighted by atomic mass is 10.1. The molecule has 0 aromatic heterocycles. The van der Waals surface area contributed by atoms with Gasteiger partial charge in [-0.05, 0) is 29.8 Å². The van der Waals surface area contributed by atoms with E-state index < -0.39 is 28.8 Å². The fourth-order valence-corrected chi connectivity index (χ4v) is 1.67. The molecule has 1 amide bonds. The van der Waals surface area contributed by atoms with Crippen molar-refractivity contribution in [3.8, 4) is 0 Å². The van der Waals surface area contributed by atoms with Crippen molar-refractivity contribution in [3.63, 3.8) is 0 Å². The number of hydrogen-bond acceptors (Lipinski definition) is 3. The Balaban J connectivity index is 2.23. The zero-order valence-electron chi connectivity index (χ0n) is 10.4. The van der Waals surface area contributed by atoms with Crippen LogP contribution in [0.15, 0.2) is 36.4 Å². The molecule has 2 rings (SSSR count). The van der Waals surface area contributed by atoms with E-state index in [2.05, 4.69) is 5.32 Å². The van der Waals surface area contributed by atoms with Gasteiger partial charge in [0.1, 0.15) is 5.82 Å². The Morgan fingerprint density at radius 2 is 1.85 bits per heavy atom. The van der Waals surface area contributed by atoms with E-state index >= 15 is 0 Å². The molecule has 20 heavy (non-hydrogen) atoms. The monoisotopic (exact) mass is 278 g/mol. The van der Waals surface area contributed by atoms with Crippen LogP contribution < -0.4 is 11.1 Å². The van der Waals surface area contributed by atoms with Crippen molar-refractivity contribution in [3.05, 3.63) is 59.2 Å². The fraction of sp³-hybridized carbons (Fsp3) is 0.0714. The Kier molecular flexibility index (Phi) is 3.95. The number of nitrogen functional groups attached to an aromatic ring is 1. The molecule has 0 radical (unpaired) electrons. The molecule has 6 heteroatoms. The van der Waals surface area contributed by atoms with Crippen LogP contribution in [-0.4, -0.2) is 11.0 Å². The van der Waals surface area contributed by atoms with Gasteiger partial charge in [-0.2, -0.15) is 0 Å². The summed E-state index contributed by atoms with van der Waals surface area (Å²) in [5, 5.41) is 11.3. The summed E-state index contributed by atoms with van der Waals surface area (Å²) in [7, 11) is 0. The molecule has 0 saturated heterocycles. The topological polar surface area (TPSA) is 75.4 Å². The standard InChI is InChI=1S/C14H12F2N2O2/c15-9-5-11(13(16)12(17)6-9)14(20)18-10-3-1-8(7-19)2-4-10/h1-6,19H,7,17H2,(H,18,20). The van der Waals surface area contributed by atoms with Crippen LogP contribution in [0, 0.1) is 11.6 Å². The van der Waals surface area contributed by atoms with Gasteiger partial charge >= 0.3 is 0 Å². The van der Waals surface area contributed by atoms with Crippen molar-refractivity contribution in [1.29, 1.82) is 0 Å². The predicted octanol–water partition coefficient (Wildman–Crippen LogP) is 2.29. The second-order valence-electron chi connectivity index (χ2n) is 4.17. The number of anilines is 2. The van der Waals surface area contributed by atoms with Gasteiger partial charge in [0.15, 0.2) is 5.82 Å². The van der Waals surface area contributed by atoms with E-state index in [1.54, 1.807) is 24.3 Å². The van der Waals surface area contributed by atoms with Crippen LogP contribution in [0.2, 0.25) is 0 Å². The molecule has 0 atom stereocenters. The third kappa shape index (κ3) is 2.92. The maximum atomic E-state index is 13.7. The van der Waals surface area contributed by atoms with Gasteiger partial charge in [0.25, 0.3) is 5.91 Å². The number of halogens is 2. The van der Waals surface area contributed by atoms with Gasteiger partial charge in [-0.25, -0.2) is 8.78 Å². The van der Waals surface area contributed by atoms with Crippen LogP contribution in [0.3, 0.4) is 0 Å². The number of nitrogens with two attached hydrogens (primary N) is 1. The Morgan fingerprint density at radius 1 is 1.20 bits per heavy atom. The Bertz CT molecular complexity index is 642. The summed E-state index contributed by atoms with van der Waals surface area (Å²) >= 11 is 0. The van der Waals surface area contributed by atoms with Gasteiger partial charge in [0.2, 0.25) is 0 Å². The first-order chi connectivity index (χ1) is 9.51. The van der Waals surface area contributed by atoms with Crippen molar-refractivity contribution < 1.29 is 18.7 Å². The van der Waals surface area contributed by atoms with Crippen molar-refractivity contribution in [2.24, 2.45) is 0 Å². The maximum Gasteiger partial charge on any atom is 0.258 e. The number of carbonyl (C=O) groups is 1. The summed E-state index contributed by atoms with van der Waals surface area (Å²) in [5.74, 6) is -2.55. The molecule has 4 N–H and O–H groups in total. The normalized spacial score (nSPS) is 10.3. The molecule has 2 aromatic rings. The Morgan fingerprint density at radius 3 is 2.45 bits per heavy atom. The smallest absolute Gasteiger partial charge is 0.258 e. The average molecular weight is 278 g/mol. The van der Waals surface area contributed by atoms with E-state index in [9.17, 15) is 13.6 Å². The van der Waals surface area contributed by atoms with E-state index in [0.717, 1.165) is 12.1 Å². The quantitative estimate of drug-likeness (QED) is 0.754. The predicted molar refractivity (Wildman–Crippen MR) is 71.1 cm³/mol. The molecule has 4 nitrogen and oxygen atoms in total. The highest BCUT2D eigenvalue weighted by atomic mass is 19.1. The molecule has 104 valence electrons. The van der Waals surface area contributed by atoms with E-state index in [4.69, 9.17) is 10.8 Å². The van der Waals surface area contributed by atoms with Crippen molar-refractivity contribution >= 4 is 17.3 Å². The van der Waals surface area contributed by atoms with E-state index in [1.165, 1.54) is 0 Å². The van der Waals surface area contributed by atoms with Gasteiger partial charge in [-0.3, -0.25) is 4.79 Å². The first-order valence-corrected chi connectivity index (χ1v) is 5.77. The average Bonchev–Trinajstić information content (AvgIpc) is 2.43. The number of rotatable bonds is 3. The Labute approximate surface area is 113 Å². The van der Waals surface area contributed by atoms with Crippen LogP contribution in [0.4, 0.5) is 20.2 Å².